The third kappa shape index (κ3) is 15.0. The quantitative estimate of drug-likeness (QED) is 0.0904. The van der Waals surface area contributed by atoms with Crippen LogP contribution in [-0.4, -0.2) is 39.9 Å². The van der Waals surface area contributed by atoms with E-state index in [1.807, 2.05) is 97.1 Å². The summed E-state index contributed by atoms with van der Waals surface area (Å²) in [5.74, 6) is 2.58. The van der Waals surface area contributed by atoms with Gasteiger partial charge in [-0.15, -0.1) is 0 Å². The third-order valence-corrected chi connectivity index (χ3v) is 25.5. The molecular weight excluding hydrogens is 1670 g/mol. The molecule has 12 heteroatoms. The molecule has 0 fully saturated rings. The van der Waals surface area contributed by atoms with E-state index in [9.17, 15) is 0 Å². The predicted octanol–water partition coefficient (Wildman–Crippen LogP) is 32.8. The average molecular weight is 1740 g/mol. The molecular formula is C124H76N8O4. The van der Waals surface area contributed by atoms with E-state index in [0.717, 1.165) is 222 Å². The molecule has 636 valence electrons. The van der Waals surface area contributed by atoms with Crippen molar-refractivity contribution in [2.24, 2.45) is 0 Å². The van der Waals surface area contributed by atoms with Crippen molar-refractivity contribution in [2.75, 3.05) is 0 Å². The maximum absolute atomic E-state index is 6.53. The first-order chi connectivity index (χ1) is 67.3. The summed E-state index contributed by atoms with van der Waals surface area (Å²) >= 11 is 0. The van der Waals surface area contributed by atoms with Gasteiger partial charge in [-0.25, -0.2) is 39.9 Å². The van der Waals surface area contributed by atoms with Crippen LogP contribution in [0.2, 0.25) is 0 Å². The van der Waals surface area contributed by atoms with Crippen LogP contribution >= 0.6 is 0 Å². The monoisotopic (exact) mass is 1740 g/mol. The SMILES string of the molecule is c1ccc(-c2cccc(-c3nc(-c4ccc(-c5ccc(-c6ccc(-c7nc(-c8cccc(-c9ccccc9)c8)c8oc9ccccc9c8n7)cc6)cc5)cc4)c4oc5ccccc5c4n3)c2)cc1.c1ccc(-c2cccc(-c3nc(-c4cccc(-c5cccc(-c6ccc(-c7nc(-c8cccc(-c9ccccc9)c8)c8oc9ccccc9c8n7)cc6)c5)c4)c4oc5ccccc5c4n3)c2)cc1. The molecule has 8 heterocycles. The second kappa shape index (κ2) is 34.1. The van der Waals surface area contributed by atoms with E-state index in [1.54, 1.807) is 0 Å². The Hall–Kier alpha value is -18.5. The zero-order chi connectivity index (χ0) is 89.9. The number of rotatable bonds is 16. The fourth-order valence-electron chi connectivity index (χ4n) is 18.6. The lowest BCUT2D eigenvalue weighted by Gasteiger charge is -2.11. The van der Waals surface area contributed by atoms with Crippen LogP contribution in [0.25, 0.3) is 268 Å². The third-order valence-electron chi connectivity index (χ3n) is 25.5. The summed E-state index contributed by atoms with van der Waals surface area (Å²) in [6.07, 6.45) is 0. The second-order valence-corrected chi connectivity index (χ2v) is 33.9. The number of fused-ring (bicyclic) bond motifs is 12. The molecule has 0 aliphatic heterocycles. The molecule has 0 N–H and O–H groups in total. The first-order valence-electron chi connectivity index (χ1n) is 45.4. The van der Waals surface area contributed by atoms with Crippen LogP contribution in [0.4, 0.5) is 0 Å². The number of hydrogen-bond donors (Lipinski definition) is 0. The summed E-state index contributed by atoms with van der Waals surface area (Å²) in [6, 6.07) is 159. The Morgan fingerprint density at radius 3 is 0.559 bits per heavy atom. The summed E-state index contributed by atoms with van der Waals surface area (Å²) in [5, 5.41) is 3.84. The van der Waals surface area contributed by atoms with E-state index >= 15 is 0 Å². The van der Waals surface area contributed by atoms with Gasteiger partial charge in [0.15, 0.2) is 45.6 Å². The van der Waals surface area contributed by atoms with Gasteiger partial charge >= 0.3 is 0 Å². The molecule has 0 radical (unpaired) electrons. The summed E-state index contributed by atoms with van der Waals surface area (Å²) in [6.45, 7) is 0. The predicted molar refractivity (Wildman–Crippen MR) is 551 cm³/mol. The molecule has 0 saturated heterocycles. The van der Waals surface area contributed by atoms with Crippen LogP contribution in [-0.2, 0) is 0 Å². The molecule has 0 spiro atoms. The molecule has 0 unspecified atom stereocenters. The van der Waals surface area contributed by atoms with Gasteiger partial charge < -0.3 is 17.7 Å². The van der Waals surface area contributed by atoms with Gasteiger partial charge in [0.1, 0.15) is 67.2 Å². The van der Waals surface area contributed by atoms with Gasteiger partial charge in [0.2, 0.25) is 0 Å². The van der Waals surface area contributed by atoms with Crippen LogP contribution in [0.15, 0.2) is 479 Å². The molecule has 0 aliphatic carbocycles. The van der Waals surface area contributed by atoms with Crippen molar-refractivity contribution in [3.05, 3.63) is 461 Å². The van der Waals surface area contributed by atoms with Gasteiger partial charge in [0.05, 0.1) is 0 Å². The van der Waals surface area contributed by atoms with Crippen molar-refractivity contribution in [3.63, 3.8) is 0 Å². The molecule has 0 bridgehead atoms. The molecule has 0 aliphatic rings. The fraction of sp³-hybridized carbons (Fsp3) is 0. The molecule has 12 nitrogen and oxygen atoms in total. The smallest absolute Gasteiger partial charge is 0.180 e. The van der Waals surface area contributed by atoms with Crippen LogP contribution in [0, 0.1) is 0 Å². The standard InChI is InChI=1S/2C62H38N4O2/c1-3-15-39(16-4-1)44-20-12-24-48(36-44)55-59-57(51-27-7-9-29-53(51)67-59)65-61(63-55)42-33-31-41(32-34-42)43-19-11-22-46(35-43)47-23-13-25-49(37-47)56-60-58(52-28-8-10-30-54(52)68-60)66-62(64-56)50-26-14-21-45(38-50)40-17-5-2-6-18-40;1-3-13-39(14-4-1)47-17-11-19-49(37-47)56-60-58(52-22-8-10-24-54(52)68-60)65-61(64-56)46-35-31-44(32-36-46)42-27-25-41(26-28-42)43-29-33-45(34-30-43)55-59-57(51-21-7-9-23-53(51)67-59)66-62(63-55)50-20-12-18-48(38-50)40-15-5-2-6-16-40/h2*1-38H. The van der Waals surface area contributed by atoms with Gasteiger partial charge in [-0.05, 0) is 174 Å². The highest BCUT2D eigenvalue weighted by Gasteiger charge is 2.26. The van der Waals surface area contributed by atoms with Crippen LogP contribution in [0.3, 0.4) is 0 Å². The fourth-order valence-corrected chi connectivity index (χ4v) is 18.6. The highest BCUT2D eigenvalue weighted by Crippen LogP contribution is 2.45. The van der Waals surface area contributed by atoms with Crippen molar-refractivity contribution >= 4 is 88.3 Å². The van der Waals surface area contributed by atoms with Crippen molar-refractivity contribution < 1.29 is 17.7 Å². The van der Waals surface area contributed by atoms with Crippen LogP contribution < -0.4 is 0 Å². The summed E-state index contributed by atoms with van der Waals surface area (Å²) < 4.78 is 25.9. The normalized spacial score (nSPS) is 11.5. The number of furan rings is 4. The molecule has 26 rings (SSSR count). The minimum Gasteiger partial charge on any atom is -0.452 e. The maximum atomic E-state index is 6.53. The number of aromatic nitrogens is 8. The molecule has 8 aromatic heterocycles. The Kier molecular flexibility index (Phi) is 20.0. The van der Waals surface area contributed by atoms with Crippen molar-refractivity contribution in [1.82, 2.24) is 39.9 Å². The van der Waals surface area contributed by atoms with Crippen molar-refractivity contribution in [2.45, 2.75) is 0 Å². The summed E-state index contributed by atoms with van der Waals surface area (Å²) in [5.41, 5.74) is 37.4. The Morgan fingerprint density at radius 1 is 0.118 bits per heavy atom. The molecule has 0 saturated carbocycles. The Morgan fingerprint density at radius 2 is 0.287 bits per heavy atom. The molecule has 26 aromatic rings. The Labute approximate surface area is 781 Å². The zero-order valence-corrected chi connectivity index (χ0v) is 73.1. The van der Waals surface area contributed by atoms with Gasteiger partial charge in [-0.2, -0.15) is 0 Å². The molecule has 18 aromatic carbocycles. The first kappa shape index (κ1) is 79.6. The van der Waals surface area contributed by atoms with E-state index in [-0.39, 0.29) is 0 Å². The van der Waals surface area contributed by atoms with Crippen molar-refractivity contribution in [1.29, 1.82) is 0 Å². The molecule has 136 heavy (non-hydrogen) atoms. The van der Waals surface area contributed by atoms with E-state index in [2.05, 4.69) is 364 Å². The Bertz CT molecular complexity index is 9070. The van der Waals surface area contributed by atoms with Crippen LogP contribution in [0.5, 0.6) is 0 Å². The number of para-hydroxylation sites is 4. The Balaban J connectivity index is 0.000000145. The van der Waals surface area contributed by atoms with E-state index in [1.165, 1.54) is 0 Å². The minimum atomic E-state index is 0.636. The molecule has 0 amide bonds. The lowest BCUT2D eigenvalue weighted by Crippen LogP contribution is -1.94. The van der Waals surface area contributed by atoms with E-state index < -0.39 is 0 Å². The molecule has 0 atom stereocenters. The average Bonchev–Trinajstić information content (AvgIpc) is 1.60. The minimum absolute atomic E-state index is 0.636. The number of hydrogen-bond acceptors (Lipinski definition) is 12. The number of nitrogens with zero attached hydrogens (tertiary/aromatic N) is 8. The van der Waals surface area contributed by atoms with Crippen molar-refractivity contribution in [3.8, 4) is 180 Å². The van der Waals surface area contributed by atoms with Gasteiger partial charge in [0.25, 0.3) is 0 Å². The van der Waals surface area contributed by atoms with Gasteiger partial charge in [-0.3, -0.25) is 0 Å². The van der Waals surface area contributed by atoms with E-state index in [0.29, 0.717) is 45.6 Å². The van der Waals surface area contributed by atoms with Gasteiger partial charge in [0, 0.05) is 66.1 Å². The second-order valence-electron chi connectivity index (χ2n) is 33.9. The van der Waals surface area contributed by atoms with Crippen LogP contribution in [0.1, 0.15) is 0 Å². The maximum Gasteiger partial charge on any atom is 0.180 e. The highest BCUT2D eigenvalue weighted by molar-refractivity contribution is 6.11. The number of benzene rings is 18. The topological polar surface area (TPSA) is 156 Å². The van der Waals surface area contributed by atoms with E-state index in [4.69, 9.17) is 57.5 Å². The lowest BCUT2D eigenvalue weighted by molar-refractivity contribution is 0.667. The highest BCUT2D eigenvalue weighted by atomic mass is 16.3. The lowest BCUT2D eigenvalue weighted by atomic mass is 9.96. The zero-order valence-electron chi connectivity index (χ0n) is 73.1. The van der Waals surface area contributed by atoms with Gasteiger partial charge in [-0.1, -0.05) is 376 Å². The summed E-state index contributed by atoms with van der Waals surface area (Å²) in [7, 11) is 0. The largest absolute Gasteiger partial charge is 0.452 e. The first-order valence-corrected chi connectivity index (χ1v) is 45.4. The summed E-state index contributed by atoms with van der Waals surface area (Å²) in [4.78, 5) is 41.3.